The number of aliphatic hydroxyl groups is 1. The fraction of sp³-hybridized carbons (Fsp3) is 0.294. The molecule has 0 aliphatic heterocycles. The van der Waals surface area contributed by atoms with Crippen LogP contribution in [0.5, 0.6) is 11.5 Å². The van der Waals surface area contributed by atoms with Crippen LogP contribution in [0.25, 0.3) is 0 Å². The monoisotopic (exact) mass is 306 g/mol. The van der Waals surface area contributed by atoms with Gasteiger partial charge in [-0.2, -0.15) is 0 Å². The van der Waals surface area contributed by atoms with Crippen molar-refractivity contribution in [2.24, 2.45) is 0 Å². The predicted molar refractivity (Wildman–Crippen MR) is 84.3 cm³/mol. The third-order valence-electron chi connectivity index (χ3n) is 3.04. The fourth-order valence-electron chi connectivity index (χ4n) is 2.08. The van der Waals surface area contributed by atoms with Gasteiger partial charge in [0.1, 0.15) is 17.6 Å². The van der Waals surface area contributed by atoms with Crippen LogP contribution in [-0.4, -0.2) is 18.3 Å². The number of benzene rings is 2. The Hall–Kier alpha value is -1.71. The van der Waals surface area contributed by atoms with Crippen molar-refractivity contribution >= 4 is 11.6 Å². The summed E-state index contributed by atoms with van der Waals surface area (Å²) in [5, 5.41) is 11.0. The van der Waals surface area contributed by atoms with Crippen LogP contribution in [0, 0.1) is 0 Å². The Kier molecular flexibility index (Phi) is 5.10. The van der Waals surface area contributed by atoms with E-state index in [0.29, 0.717) is 16.3 Å². The Morgan fingerprint density at radius 2 is 1.76 bits per heavy atom. The van der Waals surface area contributed by atoms with E-state index in [0.717, 1.165) is 11.3 Å². The van der Waals surface area contributed by atoms with Gasteiger partial charge in [0.05, 0.1) is 18.2 Å². The van der Waals surface area contributed by atoms with Gasteiger partial charge in [-0.05, 0) is 49.2 Å². The lowest BCUT2D eigenvalue weighted by Gasteiger charge is -2.15. The lowest BCUT2D eigenvalue weighted by molar-refractivity contribution is 0.216. The normalized spacial score (nSPS) is 12.3. The zero-order valence-electron chi connectivity index (χ0n) is 12.3. The summed E-state index contributed by atoms with van der Waals surface area (Å²) in [6.07, 6.45) is -0.669. The van der Waals surface area contributed by atoms with Gasteiger partial charge in [-0.15, -0.1) is 0 Å². The first-order valence-corrected chi connectivity index (χ1v) is 7.17. The van der Waals surface area contributed by atoms with Crippen LogP contribution in [0.1, 0.15) is 31.1 Å². The zero-order chi connectivity index (χ0) is 15.4. The first-order valence-electron chi connectivity index (χ1n) is 6.79. The summed E-state index contributed by atoms with van der Waals surface area (Å²) in [5.74, 6) is 1.32. The molecule has 2 aromatic rings. The smallest absolute Gasteiger partial charge is 0.137 e. The molecule has 0 fully saturated rings. The maximum Gasteiger partial charge on any atom is 0.137 e. The highest BCUT2D eigenvalue weighted by molar-refractivity contribution is 6.32. The molecule has 21 heavy (non-hydrogen) atoms. The van der Waals surface area contributed by atoms with Crippen LogP contribution >= 0.6 is 11.6 Å². The van der Waals surface area contributed by atoms with Crippen molar-refractivity contribution in [3.8, 4) is 11.5 Å². The Balaban J connectivity index is 2.27. The summed E-state index contributed by atoms with van der Waals surface area (Å²) in [4.78, 5) is 0. The third-order valence-corrected chi connectivity index (χ3v) is 3.33. The van der Waals surface area contributed by atoms with Gasteiger partial charge in [-0.1, -0.05) is 29.8 Å². The molecule has 3 nitrogen and oxygen atoms in total. The average molecular weight is 307 g/mol. The van der Waals surface area contributed by atoms with Gasteiger partial charge in [0.15, 0.2) is 0 Å². The second kappa shape index (κ2) is 6.83. The van der Waals surface area contributed by atoms with Crippen molar-refractivity contribution in [3.63, 3.8) is 0 Å². The van der Waals surface area contributed by atoms with Gasteiger partial charge in [-0.3, -0.25) is 0 Å². The van der Waals surface area contributed by atoms with E-state index in [-0.39, 0.29) is 6.10 Å². The lowest BCUT2D eigenvalue weighted by Crippen LogP contribution is -2.06. The summed E-state index contributed by atoms with van der Waals surface area (Å²) in [5.41, 5.74) is 1.47. The molecule has 0 radical (unpaired) electrons. The minimum absolute atomic E-state index is 0.0906. The van der Waals surface area contributed by atoms with Crippen molar-refractivity contribution in [1.29, 1.82) is 0 Å². The van der Waals surface area contributed by atoms with E-state index in [2.05, 4.69) is 0 Å². The number of hydrogen-bond acceptors (Lipinski definition) is 3. The largest absolute Gasteiger partial charge is 0.495 e. The second-order valence-electron chi connectivity index (χ2n) is 5.04. The fourth-order valence-corrected chi connectivity index (χ4v) is 2.34. The van der Waals surface area contributed by atoms with E-state index in [4.69, 9.17) is 21.1 Å². The van der Waals surface area contributed by atoms with Crippen LogP contribution in [0.4, 0.5) is 0 Å². The molecule has 2 rings (SSSR count). The molecule has 0 spiro atoms. The van der Waals surface area contributed by atoms with Crippen molar-refractivity contribution in [2.45, 2.75) is 26.1 Å². The van der Waals surface area contributed by atoms with Crippen LogP contribution in [0.2, 0.25) is 5.02 Å². The Morgan fingerprint density at radius 1 is 1.05 bits per heavy atom. The minimum atomic E-state index is -0.760. The number of hydrogen-bond donors (Lipinski definition) is 1. The van der Waals surface area contributed by atoms with E-state index in [9.17, 15) is 5.11 Å². The van der Waals surface area contributed by atoms with Crippen LogP contribution in [0.3, 0.4) is 0 Å². The summed E-state index contributed by atoms with van der Waals surface area (Å²) in [7, 11) is 1.56. The molecule has 0 amide bonds. The molecule has 0 aliphatic carbocycles. The molecule has 112 valence electrons. The Bertz CT molecular complexity index is 611. The SMILES string of the molecule is COc1ccc(C(O)c2cccc(OC(C)C)c2)cc1Cl. The second-order valence-corrected chi connectivity index (χ2v) is 5.44. The molecule has 0 aliphatic rings. The first-order chi connectivity index (χ1) is 10.0. The molecule has 0 bridgehead atoms. The third kappa shape index (κ3) is 3.90. The van der Waals surface area contributed by atoms with E-state index in [1.54, 1.807) is 25.3 Å². The summed E-state index contributed by atoms with van der Waals surface area (Å²) >= 11 is 6.10. The van der Waals surface area contributed by atoms with E-state index in [1.165, 1.54) is 0 Å². The molecular formula is C17H19ClO3. The van der Waals surface area contributed by atoms with Gasteiger partial charge in [0.2, 0.25) is 0 Å². The van der Waals surface area contributed by atoms with Gasteiger partial charge >= 0.3 is 0 Å². The van der Waals surface area contributed by atoms with Crippen molar-refractivity contribution in [3.05, 3.63) is 58.6 Å². The number of rotatable bonds is 5. The first kappa shape index (κ1) is 15.7. The van der Waals surface area contributed by atoms with Gasteiger partial charge in [0, 0.05) is 0 Å². The predicted octanol–water partition coefficient (Wildman–Crippen LogP) is 4.22. The van der Waals surface area contributed by atoms with Crippen molar-refractivity contribution in [2.75, 3.05) is 7.11 Å². The summed E-state index contributed by atoms with van der Waals surface area (Å²) < 4.78 is 10.8. The maximum atomic E-state index is 10.5. The van der Waals surface area contributed by atoms with Crippen molar-refractivity contribution < 1.29 is 14.6 Å². The molecule has 1 N–H and O–H groups in total. The van der Waals surface area contributed by atoms with Gasteiger partial charge in [0.25, 0.3) is 0 Å². The van der Waals surface area contributed by atoms with Gasteiger partial charge in [-0.25, -0.2) is 0 Å². The molecule has 0 saturated heterocycles. The number of aliphatic hydroxyl groups excluding tert-OH is 1. The summed E-state index contributed by atoms with van der Waals surface area (Å²) in [6.45, 7) is 3.93. The standard InChI is InChI=1S/C17H19ClO3/c1-11(2)21-14-6-4-5-12(9-14)17(19)13-7-8-16(20-3)15(18)10-13/h4-11,17,19H,1-3H3. The molecule has 1 unspecified atom stereocenters. The quantitative estimate of drug-likeness (QED) is 0.899. The van der Waals surface area contributed by atoms with Crippen LogP contribution < -0.4 is 9.47 Å². The minimum Gasteiger partial charge on any atom is -0.495 e. The van der Waals surface area contributed by atoms with Crippen LogP contribution in [0.15, 0.2) is 42.5 Å². The molecule has 0 heterocycles. The van der Waals surface area contributed by atoms with E-state index >= 15 is 0 Å². The van der Waals surface area contributed by atoms with Crippen molar-refractivity contribution in [1.82, 2.24) is 0 Å². The molecule has 2 aromatic carbocycles. The Labute approximate surface area is 130 Å². The van der Waals surface area contributed by atoms with E-state index in [1.807, 2.05) is 38.1 Å². The zero-order valence-corrected chi connectivity index (χ0v) is 13.1. The van der Waals surface area contributed by atoms with E-state index < -0.39 is 6.10 Å². The highest BCUT2D eigenvalue weighted by atomic mass is 35.5. The topological polar surface area (TPSA) is 38.7 Å². The molecule has 0 saturated carbocycles. The maximum absolute atomic E-state index is 10.5. The number of ether oxygens (including phenoxy) is 2. The Morgan fingerprint density at radius 3 is 2.38 bits per heavy atom. The highest BCUT2D eigenvalue weighted by Gasteiger charge is 2.13. The lowest BCUT2D eigenvalue weighted by atomic mass is 10.0. The average Bonchev–Trinajstić information content (AvgIpc) is 2.46. The summed E-state index contributed by atoms with van der Waals surface area (Å²) in [6, 6.07) is 12.7. The molecule has 1 atom stereocenters. The highest BCUT2D eigenvalue weighted by Crippen LogP contribution is 2.31. The molecular weight excluding hydrogens is 288 g/mol. The molecule has 4 heteroatoms. The van der Waals surface area contributed by atoms with Gasteiger partial charge < -0.3 is 14.6 Å². The van der Waals surface area contributed by atoms with Crippen LogP contribution in [-0.2, 0) is 0 Å². The number of methoxy groups -OCH3 is 1. The molecule has 0 aromatic heterocycles. The number of halogens is 1.